The van der Waals surface area contributed by atoms with Crippen molar-refractivity contribution in [1.82, 2.24) is 20.0 Å². The van der Waals surface area contributed by atoms with E-state index in [9.17, 15) is 4.39 Å². The second kappa shape index (κ2) is 10.2. The Labute approximate surface area is 167 Å². The van der Waals surface area contributed by atoms with Gasteiger partial charge in [0.2, 0.25) is 0 Å². The van der Waals surface area contributed by atoms with Crippen LogP contribution in [0.4, 0.5) is 4.39 Å². The Bertz CT molecular complexity index is 770. The number of aromatic nitrogens is 2. The van der Waals surface area contributed by atoms with E-state index in [1.807, 2.05) is 25.7 Å². The average molecular weight is 390 g/mol. The van der Waals surface area contributed by atoms with Gasteiger partial charge in [-0.15, -0.1) is 0 Å². The molecular formula is C21H32FN5O. The van der Waals surface area contributed by atoms with Gasteiger partial charge in [0.15, 0.2) is 5.96 Å². The number of methoxy groups -OCH3 is 1. The standard InChI is InChI=1S/C21H32FN5O/c1-7-23-21(24-12-19(28-6)16-8-10-18(22)11-9-16)26(4)13-17-14-27(5)25-20(17)15(2)3/h8-11,14-15,19H,7,12-13H2,1-6H3,(H,23,24). The average Bonchev–Trinajstić information content (AvgIpc) is 3.03. The highest BCUT2D eigenvalue weighted by Gasteiger charge is 2.16. The molecule has 154 valence electrons. The van der Waals surface area contributed by atoms with Gasteiger partial charge >= 0.3 is 0 Å². The van der Waals surface area contributed by atoms with Gasteiger partial charge in [-0.3, -0.25) is 9.67 Å². The monoisotopic (exact) mass is 389 g/mol. The van der Waals surface area contributed by atoms with E-state index in [4.69, 9.17) is 9.73 Å². The largest absolute Gasteiger partial charge is 0.375 e. The molecule has 0 aliphatic heterocycles. The molecule has 1 N–H and O–H groups in total. The second-order valence-corrected chi connectivity index (χ2v) is 7.19. The highest BCUT2D eigenvalue weighted by atomic mass is 19.1. The molecule has 0 fully saturated rings. The fourth-order valence-electron chi connectivity index (χ4n) is 3.13. The van der Waals surface area contributed by atoms with Gasteiger partial charge in [-0.05, 0) is 30.5 Å². The number of rotatable bonds is 8. The Hall–Kier alpha value is -2.41. The zero-order chi connectivity index (χ0) is 20.7. The summed E-state index contributed by atoms with van der Waals surface area (Å²) in [6.07, 6.45) is 1.83. The summed E-state index contributed by atoms with van der Waals surface area (Å²) in [7, 11) is 5.60. The number of hydrogen-bond acceptors (Lipinski definition) is 3. The summed E-state index contributed by atoms with van der Waals surface area (Å²) in [5.74, 6) is 0.901. The number of ether oxygens (including phenoxy) is 1. The molecule has 0 saturated heterocycles. The highest BCUT2D eigenvalue weighted by Crippen LogP contribution is 2.20. The van der Waals surface area contributed by atoms with Crippen LogP contribution in [-0.4, -0.2) is 47.9 Å². The molecule has 2 rings (SSSR count). The molecule has 1 atom stereocenters. The van der Waals surface area contributed by atoms with Gasteiger partial charge < -0.3 is 15.0 Å². The van der Waals surface area contributed by atoms with Crippen LogP contribution in [0.5, 0.6) is 0 Å². The summed E-state index contributed by atoms with van der Waals surface area (Å²) >= 11 is 0. The van der Waals surface area contributed by atoms with Gasteiger partial charge in [-0.1, -0.05) is 26.0 Å². The highest BCUT2D eigenvalue weighted by molar-refractivity contribution is 5.79. The molecule has 7 heteroatoms. The first-order valence-corrected chi connectivity index (χ1v) is 9.65. The minimum Gasteiger partial charge on any atom is -0.375 e. The number of aliphatic imine (C=N–C) groups is 1. The van der Waals surface area contributed by atoms with Gasteiger partial charge in [0, 0.05) is 46.1 Å². The van der Waals surface area contributed by atoms with Crippen molar-refractivity contribution in [2.45, 2.75) is 39.3 Å². The van der Waals surface area contributed by atoms with Crippen LogP contribution in [0.1, 0.15) is 49.6 Å². The van der Waals surface area contributed by atoms with Crippen molar-refractivity contribution >= 4 is 5.96 Å². The minimum atomic E-state index is -0.257. The molecule has 0 amide bonds. The van der Waals surface area contributed by atoms with E-state index in [-0.39, 0.29) is 11.9 Å². The van der Waals surface area contributed by atoms with Crippen LogP contribution in [0.25, 0.3) is 0 Å². The maximum atomic E-state index is 13.2. The third kappa shape index (κ3) is 5.79. The van der Waals surface area contributed by atoms with E-state index >= 15 is 0 Å². The molecule has 1 unspecified atom stereocenters. The number of guanidine groups is 1. The second-order valence-electron chi connectivity index (χ2n) is 7.19. The predicted molar refractivity (Wildman–Crippen MR) is 111 cm³/mol. The van der Waals surface area contributed by atoms with E-state index in [0.717, 1.165) is 23.8 Å². The normalized spacial score (nSPS) is 13.1. The lowest BCUT2D eigenvalue weighted by Crippen LogP contribution is -2.39. The maximum absolute atomic E-state index is 13.2. The van der Waals surface area contributed by atoms with E-state index in [1.165, 1.54) is 17.7 Å². The van der Waals surface area contributed by atoms with E-state index in [0.29, 0.717) is 19.0 Å². The number of hydrogen-bond donors (Lipinski definition) is 1. The lowest BCUT2D eigenvalue weighted by atomic mass is 10.1. The molecule has 2 aromatic rings. The van der Waals surface area contributed by atoms with Crippen molar-refractivity contribution in [3.63, 3.8) is 0 Å². The van der Waals surface area contributed by atoms with Crippen LogP contribution < -0.4 is 5.32 Å². The molecule has 0 bridgehead atoms. The Balaban J connectivity index is 2.15. The summed E-state index contributed by atoms with van der Waals surface area (Å²) in [6.45, 7) is 8.26. The fraction of sp³-hybridized carbons (Fsp3) is 0.524. The first-order valence-electron chi connectivity index (χ1n) is 9.65. The molecule has 6 nitrogen and oxygen atoms in total. The lowest BCUT2D eigenvalue weighted by Gasteiger charge is -2.23. The molecule has 0 aliphatic carbocycles. The summed E-state index contributed by atoms with van der Waals surface area (Å²) in [5.41, 5.74) is 3.19. The summed E-state index contributed by atoms with van der Waals surface area (Å²) in [6, 6.07) is 6.36. The van der Waals surface area contributed by atoms with Crippen LogP contribution in [0.3, 0.4) is 0 Å². The van der Waals surface area contributed by atoms with Crippen LogP contribution in [0, 0.1) is 5.82 Å². The third-order valence-corrected chi connectivity index (χ3v) is 4.52. The smallest absolute Gasteiger partial charge is 0.194 e. The number of benzene rings is 1. The van der Waals surface area contributed by atoms with E-state index < -0.39 is 0 Å². The van der Waals surface area contributed by atoms with Crippen molar-refractivity contribution in [2.24, 2.45) is 12.0 Å². The van der Waals surface area contributed by atoms with Gasteiger partial charge in [-0.25, -0.2) is 4.39 Å². The summed E-state index contributed by atoms with van der Waals surface area (Å²) in [4.78, 5) is 6.83. The Morgan fingerprint density at radius 3 is 2.57 bits per heavy atom. The van der Waals surface area contributed by atoms with Crippen LogP contribution in [-0.2, 0) is 18.3 Å². The van der Waals surface area contributed by atoms with Crippen molar-refractivity contribution in [1.29, 1.82) is 0 Å². The van der Waals surface area contributed by atoms with Gasteiger partial charge in [0.1, 0.15) is 11.9 Å². The van der Waals surface area contributed by atoms with Crippen molar-refractivity contribution in [3.8, 4) is 0 Å². The van der Waals surface area contributed by atoms with Crippen molar-refractivity contribution in [3.05, 3.63) is 53.1 Å². The fourth-order valence-corrected chi connectivity index (χ4v) is 3.13. The molecule has 1 aromatic heterocycles. The van der Waals surface area contributed by atoms with Gasteiger partial charge in [0.05, 0.1) is 12.2 Å². The van der Waals surface area contributed by atoms with Gasteiger partial charge in [0.25, 0.3) is 0 Å². The minimum absolute atomic E-state index is 0.229. The van der Waals surface area contributed by atoms with Crippen LogP contribution >= 0.6 is 0 Å². The topological polar surface area (TPSA) is 54.7 Å². The molecule has 0 aliphatic rings. The SMILES string of the molecule is CCNC(=NCC(OC)c1ccc(F)cc1)N(C)Cc1cn(C)nc1C(C)C. The Morgan fingerprint density at radius 1 is 1.32 bits per heavy atom. The quantitative estimate of drug-likeness (QED) is 0.555. The number of halogens is 1. The first kappa shape index (κ1) is 21.9. The molecule has 1 aromatic carbocycles. The van der Waals surface area contributed by atoms with Crippen LogP contribution in [0.2, 0.25) is 0 Å². The first-order chi connectivity index (χ1) is 13.3. The molecule has 0 radical (unpaired) electrons. The summed E-state index contributed by atoms with van der Waals surface area (Å²) in [5, 5.41) is 7.91. The van der Waals surface area contributed by atoms with Crippen molar-refractivity contribution < 1.29 is 9.13 Å². The molecule has 28 heavy (non-hydrogen) atoms. The number of aryl methyl sites for hydroxylation is 1. The number of nitrogens with one attached hydrogen (secondary N) is 1. The zero-order valence-electron chi connectivity index (χ0n) is 17.7. The Kier molecular flexibility index (Phi) is 7.99. The zero-order valence-corrected chi connectivity index (χ0v) is 17.7. The lowest BCUT2D eigenvalue weighted by molar-refractivity contribution is 0.110. The van der Waals surface area contributed by atoms with E-state index in [2.05, 4.69) is 35.4 Å². The maximum Gasteiger partial charge on any atom is 0.194 e. The van der Waals surface area contributed by atoms with E-state index in [1.54, 1.807) is 19.2 Å². The molecule has 0 saturated carbocycles. The third-order valence-electron chi connectivity index (χ3n) is 4.52. The number of nitrogens with zero attached hydrogens (tertiary/aromatic N) is 4. The molecule has 1 heterocycles. The predicted octanol–water partition coefficient (Wildman–Crippen LogP) is 3.47. The summed E-state index contributed by atoms with van der Waals surface area (Å²) < 4.78 is 20.6. The Morgan fingerprint density at radius 2 is 2.00 bits per heavy atom. The van der Waals surface area contributed by atoms with Gasteiger partial charge in [-0.2, -0.15) is 5.10 Å². The molecular weight excluding hydrogens is 357 g/mol. The van der Waals surface area contributed by atoms with Crippen LogP contribution in [0.15, 0.2) is 35.5 Å². The van der Waals surface area contributed by atoms with Crippen molar-refractivity contribution in [2.75, 3.05) is 27.2 Å². The molecule has 0 spiro atoms.